The summed E-state index contributed by atoms with van der Waals surface area (Å²) >= 11 is 0. The van der Waals surface area contributed by atoms with Gasteiger partial charge in [-0.15, -0.1) is 0 Å². The normalized spacial score (nSPS) is 38.5. The van der Waals surface area contributed by atoms with Crippen LogP contribution in [0.1, 0.15) is 19.1 Å². The maximum atomic E-state index is 13.0. The van der Waals surface area contributed by atoms with E-state index in [2.05, 4.69) is 17.5 Å². The van der Waals surface area contributed by atoms with E-state index < -0.39 is 6.04 Å². The predicted molar refractivity (Wildman–Crippen MR) is 86.6 cm³/mol. The van der Waals surface area contributed by atoms with Gasteiger partial charge in [0.1, 0.15) is 11.8 Å². The van der Waals surface area contributed by atoms with Crippen LogP contribution in [0, 0.1) is 35.5 Å². The van der Waals surface area contributed by atoms with Gasteiger partial charge in [-0.1, -0.05) is 12.2 Å². The number of nitrogens with zero attached hydrogens (tertiary/aromatic N) is 1. The largest absolute Gasteiger partial charge is 0.467 e. The van der Waals surface area contributed by atoms with Gasteiger partial charge in [0.2, 0.25) is 17.7 Å². The summed E-state index contributed by atoms with van der Waals surface area (Å²) in [7, 11) is 0. The maximum absolute atomic E-state index is 13.0. The quantitative estimate of drug-likeness (QED) is 0.663. The van der Waals surface area contributed by atoms with Gasteiger partial charge in [0, 0.05) is 0 Å². The Balaban J connectivity index is 1.33. The smallest absolute Gasteiger partial charge is 0.243 e. The molecule has 0 radical (unpaired) electrons. The highest BCUT2D eigenvalue weighted by molar-refractivity contribution is 6.09. The van der Waals surface area contributed by atoms with Crippen molar-refractivity contribution in [1.82, 2.24) is 10.2 Å². The van der Waals surface area contributed by atoms with Crippen LogP contribution in [0.4, 0.5) is 0 Å². The molecular formula is C19H20N2O4. The fraction of sp³-hybridized carbons (Fsp3) is 0.526. The third kappa shape index (κ3) is 2.00. The van der Waals surface area contributed by atoms with Crippen LogP contribution >= 0.6 is 0 Å². The first-order valence-corrected chi connectivity index (χ1v) is 8.93. The first-order chi connectivity index (χ1) is 12.1. The molecule has 2 heterocycles. The van der Waals surface area contributed by atoms with Crippen molar-refractivity contribution in [2.24, 2.45) is 35.5 Å². The second-order valence-electron chi connectivity index (χ2n) is 7.67. The Bertz CT molecular complexity index is 747. The third-order valence-electron chi connectivity index (χ3n) is 6.48. The van der Waals surface area contributed by atoms with Gasteiger partial charge in [0.05, 0.1) is 24.6 Å². The van der Waals surface area contributed by atoms with Gasteiger partial charge < -0.3 is 9.73 Å². The highest BCUT2D eigenvalue weighted by Gasteiger charge is 2.67. The number of carbonyl (C=O) groups excluding carboxylic acids is 3. The molecule has 1 aliphatic heterocycles. The van der Waals surface area contributed by atoms with Crippen molar-refractivity contribution in [3.05, 3.63) is 36.3 Å². The molecular weight excluding hydrogens is 320 g/mol. The molecule has 7 unspecified atom stereocenters. The molecule has 1 N–H and O–H groups in total. The Hall–Kier alpha value is -2.37. The van der Waals surface area contributed by atoms with Gasteiger partial charge in [-0.25, -0.2) is 0 Å². The number of nitrogens with one attached hydrogen (secondary N) is 1. The molecule has 0 spiro atoms. The average Bonchev–Trinajstić information content (AvgIpc) is 3.21. The van der Waals surface area contributed by atoms with E-state index in [4.69, 9.17) is 4.42 Å². The standard InChI is InChI=1S/C19H20N2O4/c1-9(17(22)20-8-10-3-2-6-25-10)21-18(23)15-11-4-5-12(14-7-13(11)14)16(15)19(21)24/h2-6,9,11-16H,7-8H2,1H3,(H,20,22). The number of furan rings is 1. The molecule has 4 aliphatic carbocycles. The van der Waals surface area contributed by atoms with Crippen LogP contribution in [0.15, 0.2) is 35.0 Å². The lowest BCUT2D eigenvalue weighted by molar-refractivity contribution is -0.147. The second-order valence-corrected chi connectivity index (χ2v) is 7.67. The van der Waals surface area contributed by atoms with Crippen molar-refractivity contribution < 1.29 is 18.8 Å². The summed E-state index contributed by atoms with van der Waals surface area (Å²) < 4.78 is 5.19. The van der Waals surface area contributed by atoms with Crippen LogP contribution in [0.25, 0.3) is 0 Å². The molecule has 1 aromatic rings. The number of hydrogen-bond donors (Lipinski definition) is 1. The Morgan fingerprint density at radius 1 is 1.24 bits per heavy atom. The van der Waals surface area contributed by atoms with Gasteiger partial charge in [-0.3, -0.25) is 19.3 Å². The van der Waals surface area contributed by atoms with Gasteiger partial charge in [-0.05, 0) is 49.1 Å². The van der Waals surface area contributed by atoms with Crippen molar-refractivity contribution >= 4 is 17.7 Å². The van der Waals surface area contributed by atoms with E-state index in [9.17, 15) is 14.4 Å². The summed E-state index contributed by atoms with van der Waals surface area (Å²) in [5.74, 6) is 0.948. The molecule has 1 saturated heterocycles. The topological polar surface area (TPSA) is 79.6 Å². The first kappa shape index (κ1) is 14.9. The van der Waals surface area contributed by atoms with Gasteiger partial charge >= 0.3 is 0 Å². The van der Waals surface area contributed by atoms with E-state index in [1.165, 1.54) is 11.2 Å². The van der Waals surface area contributed by atoms with Crippen molar-refractivity contribution in [1.29, 1.82) is 0 Å². The minimum Gasteiger partial charge on any atom is -0.467 e. The van der Waals surface area contributed by atoms with Gasteiger partial charge in [0.25, 0.3) is 0 Å². The van der Waals surface area contributed by atoms with E-state index in [1.54, 1.807) is 19.1 Å². The zero-order chi connectivity index (χ0) is 17.3. The summed E-state index contributed by atoms with van der Waals surface area (Å²) in [6, 6.07) is 2.72. The van der Waals surface area contributed by atoms with Crippen LogP contribution < -0.4 is 5.32 Å². The number of carbonyl (C=O) groups is 3. The molecule has 130 valence electrons. The molecule has 6 heteroatoms. The SMILES string of the molecule is CC(C(=O)NCc1ccco1)N1C(=O)C2C3C=CC(C4CC34)C2C1=O. The van der Waals surface area contributed by atoms with Gasteiger partial charge in [-0.2, -0.15) is 0 Å². The molecule has 0 aromatic carbocycles. The number of rotatable bonds is 4. The van der Waals surface area contributed by atoms with Crippen LogP contribution in [0.2, 0.25) is 0 Å². The molecule has 25 heavy (non-hydrogen) atoms. The molecule has 6 nitrogen and oxygen atoms in total. The van der Waals surface area contributed by atoms with Crippen molar-refractivity contribution in [3.63, 3.8) is 0 Å². The lowest BCUT2D eigenvalue weighted by Gasteiger charge is -2.37. The Morgan fingerprint density at radius 2 is 1.88 bits per heavy atom. The summed E-state index contributed by atoms with van der Waals surface area (Å²) in [6.45, 7) is 1.87. The fourth-order valence-corrected chi connectivity index (χ4v) is 5.21. The number of allylic oxidation sites excluding steroid dienone is 2. The van der Waals surface area contributed by atoms with Crippen LogP contribution in [0.5, 0.6) is 0 Å². The highest BCUT2D eigenvalue weighted by Crippen LogP contribution is 2.65. The summed E-state index contributed by atoms with van der Waals surface area (Å²) in [4.78, 5) is 39.6. The Morgan fingerprint density at radius 3 is 2.44 bits per heavy atom. The first-order valence-electron chi connectivity index (χ1n) is 8.93. The number of amides is 3. The van der Waals surface area contributed by atoms with E-state index in [-0.39, 0.29) is 47.9 Å². The minimum atomic E-state index is -0.795. The van der Waals surface area contributed by atoms with Gasteiger partial charge in [0.15, 0.2) is 0 Å². The molecule has 7 atom stereocenters. The predicted octanol–water partition coefficient (Wildman–Crippen LogP) is 1.34. The van der Waals surface area contributed by atoms with Crippen molar-refractivity contribution in [3.8, 4) is 0 Å². The average molecular weight is 340 g/mol. The number of imide groups is 1. The van der Waals surface area contributed by atoms with E-state index in [1.807, 2.05) is 0 Å². The summed E-state index contributed by atoms with van der Waals surface area (Å²) in [5, 5.41) is 2.75. The third-order valence-corrected chi connectivity index (χ3v) is 6.48. The van der Waals surface area contributed by atoms with E-state index >= 15 is 0 Å². The van der Waals surface area contributed by atoms with Crippen molar-refractivity contribution in [2.45, 2.75) is 25.9 Å². The monoisotopic (exact) mass is 340 g/mol. The van der Waals surface area contributed by atoms with Crippen molar-refractivity contribution in [2.75, 3.05) is 0 Å². The van der Waals surface area contributed by atoms with E-state index in [0.29, 0.717) is 17.6 Å². The van der Waals surface area contributed by atoms with Crippen LogP contribution in [0.3, 0.4) is 0 Å². The zero-order valence-electron chi connectivity index (χ0n) is 13.9. The second kappa shape index (κ2) is 5.07. The molecule has 2 saturated carbocycles. The molecule has 3 fully saturated rings. The zero-order valence-corrected chi connectivity index (χ0v) is 13.9. The molecule has 1 aromatic heterocycles. The maximum Gasteiger partial charge on any atom is 0.243 e. The molecule has 2 bridgehead atoms. The molecule has 3 amide bonds. The Kier molecular flexibility index (Phi) is 3.03. The van der Waals surface area contributed by atoms with E-state index in [0.717, 1.165) is 6.42 Å². The minimum absolute atomic E-state index is 0.166. The van der Waals surface area contributed by atoms with Crippen LogP contribution in [-0.4, -0.2) is 28.7 Å². The molecule has 6 rings (SSSR count). The molecule has 5 aliphatic rings. The number of likely N-dealkylation sites (tertiary alicyclic amines) is 1. The highest BCUT2D eigenvalue weighted by atomic mass is 16.3. The fourth-order valence-electron chi connectivity index (χ4n) is 5.21. The summed E-state index contributed by atoms with van der Waals surface area (Å²) in [5.41, 5.74) is 0. The Labute approximate surface area is 145 Å². The summed E-state index contributed by atoms with van der Waals surface area (Å²) in [6.07, 6.45) is 6.94. The number of hydrogen-bond acceptors (Lipinski definition) is 4. The lowest BCUT2D eigenvalue weighted by Crippen LogP contribution is -2.48. The van der Waals surface area contributed by atoms with Crippen LogP contribution in [-0.2, 0) is 20.9 Å². The lowest BCUT2D eigenvalue weighted by atomic mass is 9.63.